The van der Waals surface area contributed by atoms with Gasteiger partial charge in [-0.1, -0.05) is 64.6 Å². The lowest BCUT2D eigenvalue weighted by Crippen LogP contribution is -1.91. The number of benzene rings is 2. The molecule has 0 spiro atoms. The number of halogens is 4. The summed E-state index contributed by atoms with van der Waals surface area (Å²) in [6, 6.07) is 8.68. The maximum Gasteiger partial charge on any atom is 0.124 e. The molecule has 0 saturated heterocycles. The number of carbonyl (C=O) groups is 1. The minimum Gasteiger partial charge on any atom is -0.303 e. The number of carbonyl (C=O) groups excluding carboxylic acids is 1. The third-order valence-corrected chi connectivity index (χ3v) is 4.13. The van der Waals surface area contributed by atoms with Gasteiger partial charge < -0.3 is 4.79 Å². The first kappa shape index (κ1) is 14.7. The molecule has 0 unspecified atom stereocenters. The lowest BCUT2D eigenvalue weighted by molar-refractivity contribution is -0.107. The molecule has 2 aromatic rings. The monoisotopic (exact) mass is 332 g/mol. The van der Waals surface area contributed by atoms with Gasteiger partial charge in [0, 0.05) is 22.6 Å². The molecule has 98 valence electrons. The van der Waals surface area contributed by atoms with Crippen molar-refractivity contribution >= 4 is 52.7 Å². The highest BCUT2D eigenvalue weighted by Crippen LogP contribution is 2.40. The molecule has 2 rings (SSSR count). The Labute approximate surface area is 131 Å². The largest absolute Gasteiger partial charge is 0.303 e. The van der Waals surface area contributed by atoms with Crippen LogP contribution in [0.3, 0.4) is 0 Å². The van der Waals surface area contributed by atoms with Crippen LogP contribution in [0.5, 0.6) is 0 Å². The highest BCUT2D eigenvalue weighted by Gasteiger charge is 2.14. The normalized spacial score (nSPS) is 10.5. The van der Waals surface area contributed by atoms with Gasteiger partial charge in [0.05, 0.1) is 15.1 Å². The van der Waals surface area contributed by atoms with Crippen LogP contribution in [-0.4, -0.2) is 6.29 Å². The molecule has 1 nitrogen and oxygen atoms in total. The van der Waals surface area contributed by atoms with Crippen LogP contribution in [0.1, 0.15) is 5.56 Å². The van der Waals surface area contributed by atoms with Gasteiger partial charge in [0.1, 0.15) is 6.29 Å². The summed E-state index contributed by atoms with van der Waals surface area (Å²) in [5, 5.41) is 1.70. The van der Waals surface area contributed by atoms with Gasteiger partial charge >= 0.3 is 0 Å². The zero-order valence-corrected chi connectivity index (χ0v) is 12.6. The lowest BCUT2D eigenvalue weighted by atomic mass is 10.0. The number of hydrogen-bond donors (Lipinski definition) is 0. The van der Waals surface area contributed by atoms with E-state index in [1.54, 1.807) is 18.2 Å². The predicted molar refractivity (Wildman–Crippen MR) is 81.7 cm³/mol. The van der Waals surface area contributed by atoms with Gasteiger partial charge in [-0.25, -0.2) is 0 Å². The van der Waals surface area contributed by atoms with Crippen LogP contribution in [0.25, 0.3) is 11.1 Å². The summed E-state index contributed by atoms with van der Waals surface area (Å²) >= 11 is 24.5. The molecular formula is C14H8Cl4O. The highest BCUT2D eigenvalue weighted by atomic mass is 35.5. The second-order valence-electron chi connectivity index (χ2n) is 3.90. The van der Waals surface area contributed by atoms with Crippen molar-refractivity contribution in [1.29, 1.82) is 0 Å². The molecule has 0 N–H and O–H groups in total. The van der Waals surface area contributed by atoms with Gasteiger partial charge in [0.2, 0.25) is 0 Å². The average molecular weight is 334 g/mol. The van der Waals surface area contributed by atoms with Crippen LogP contribution in [0.15, 0.2) is 30.3 Å². The predicted octanol–water partition coefficient (Wildman–Crippen LogP) is 5.71. The Morgan fingerprint density at radius 3 is 2.37 bits per heavy atom. The van der Waals surface area contributed by atoms with Gasteiger partial charge in [-0.15, -0.1) is 0 Å². The van der Waals surface area contributed by atoms with Gasteiger partial charge in [0.25, 0.3) is 0 Å². The molecule has 0 aliphatic carbocycles. The number of rotatable bonds is 3. The van der Waals surface area contributed by atoms with Crippen LogP contribution in [0.4, 0.5) is 0 Å². The van der Waals surface area contributed by atoms with Crippen LogP contribution < -0.4 is 0 Å². The standard InChI is InChI=1S/C14H8Cl4O/c15-9-6-11(14(18)12(16)7-9)10-3-1-2-8(4-5-19)13(10)17/h1-3,5-7H,4H2. The second-order valence-corrected chi connectivity index (χ2v) is 5.50. The molecule has 0 bridgehead atoms. The smallest absolute Gasteiger partial charge is 0.124 e. The average Bonchev–Trinajstić information content (AvgIpc) is 2.37. The van der Waals surface area contributed by atoms with Crippen molar-refractivity contribution in [2.24, 2.45) is 0 Å². The van der Waals surface area contributed by atoms with E-state index in [1.165, 1.54) is 0 Å². The molecule has 5 heteroatoms. The molecule has 0 aliphatic heterocycles. The summed E-state index contributed by atoms with van der Waals surface area (Å²) in [6.45, 7) is 0. The SMILES string of the molecule is O=CCc1cccc(-c2cc(Cl)cc(Cl)c2Cl)c1Cl. The van der Waals surface area contributed by atoms with Crippen molar-refractivity contribution in [1.82, 2.24) is 0 Å². The van der Waals surface area contributed by atoms with Gasteiger partial charge in [-0.3, -0.25) is 0 Å². The van der Waals surface area contributed by atoms with Crippen LogP contribution in [0.2, 0.25) is 20.1 Å². The van der Waals surface area contributed by atoms with E-state index in [9.17, 15) is 4.79 Å². The quantitative estimate of drug-likeness (QED) is 0.519. The van der Waals surface area contributed by atoms with E-state index < -0.39 is 0 Å². The summed E-state index contributed by atoms with van der Waals surface area (Å²) in [5.74, 6) is 0. The van der Waals surface area contributed by atoms with E-state index in [-0.39, 0.29) is 6.42 Å². The van der Waals surface area contributed by atoms with Crippen LogP contribution in [-0.2, 0) is 11.2 Å². The molecule has 0 aliphatic rings. The molecule has 0 fully saturated rings. The molecule has 0 amide bonds. The van der Waals surface area contributed by atoms with E-state index in [2.05, 4.69) is 0 Å². The summed E-state index contributed by atoms with van der Waals surface area (Å²) in [7, 11) is 0. The maximum atomic E-state index is 10.6. The van der Waals surface area contributed by atoms with E-state index in [0.29, 0.717) is 31.2 Å². The van der Waals surface area contributed by atoms with Gasteiger partial charge in [-0.2, -0.15) is 0 Å². The molecule has 0 atom stereocenters. The Balaban J connectivity index is 2.65. The number of hydrogen-bond acceptors (Lipinski definition) is 1. The Kier molecular flexibility index (Phi) is 4.75. The summed E-state index contributed by atoms with van der Waals surface area (Å²) < 4.78 is 0. The van der Waals surface area contributed by atoms with E-state index in [0.717, 1.165) is 11.8 Å². The molecular weight excluding hydrogens is 326 g/mol. The molecule has 0 heterocycles. The minimum atomic E-state index is 0.249. The Morgan fingerprint density at radius 1 is 0.947 bits per heavy atom. The van der Waals surface area contributed by atoms with Crippen LogP contribution >= 0.6 is 46.4 Å². The maximum absolute atomic E-state index is 10.6. The zero-order chi connectivity index (χ0) is 14.0. The fourth-order valence-corrected chi connectivity index (χ4v) is 2.80. The third kappa shape index (κ3) is 3.06. The first-order valence-corrected chi connectivity index (χ1v) is 6.91. The summed E-state index contributed by atoms with van der Waals surface area (Å²) in [6.07, 6.45) is 1.05. The fraction of sp³-hybridized carbons (Fsp3) is 0.0714. The third-order valence-electron chi connectivity index (χ3n) is 2.67. The van der Waals surface area contributed by atoms with Gasteiger partial charge in [-0.05, 0) is 17.7 Å². The molecule has 0 radical (unpaired) electrons. The minimum absolute atomic E-state index is 0.249. The Morgan fingerprint density at radius 2 is 1.68 bits per heavy atom. The lowest BCUT2D eigenvalue weighted by Gasteiger charge is -2.11. The Bertz CT molecular complexity index is 638. The van der Waals surface area contributed by atoms with Crippen LogP contribution in [0, 0.1) is 0 Å². The molecule has 2 aromatic carbocycles. The topological polar surface area (TPSA) is 17.1 Å². The fourth-order valence-electron chi connectivity index (χ4n) is 1.79. The zero-order valence-electron chi connectivity index (χ0n) is 9.59. The summed E-state index contributed by atoms with van der Waals surface area (Å²) in [5.41, 5.74) is 2.09. The first-order valence-electron chi connectivity index (χ1n) is 5.40. The van der Waals surface area contributed by atoms with Crippen molar-refractivity contribution in [3.05, 3.63) is 56.0 Å². The van der Waals surface area contributed by atoms with E-state index in [4.69, 9.17) is 46.4 Å². The van der Waals surface area contributed by atoms with Gasteiger partial charge in [0.15, 0.2) is 0 Å². The van der Waals surface area contributed by atoms with Crippen molar-refractivity contribution in [2.45, 2.75) is 6.42 Å². The van der Waals surface area contributed by atoms with E-state index >= 15 is 0 Å². The summed E-state index contributed by atoms with van der Waals surface area (Å²) in [4.78, 5) is 10.6. The Hall–Kier alpha value is -0.730. The highest BCUT2D eigenvalue weighted by molar-refractivity contribution is 6.45. The van der Waals surface area contributed by atoms with Crippen molar-refractivity contribution in [3.63, 3.8) is 0 Å². The molecule has 0 saturated carbocycles. The molecule has 19 heavy (non-hydrogen) atoms. The molecule has 0 aromatic heterocycles. The number of aldehydes is 1. The first-order chi connectivity index (χ1) is 9.04. The second kappa shape index (κ2) is 6.15. The van der Waals surface area contributed by atoms with Crippen molar-refractivity contribution < 1.29 is 4.79 Å². The van der Waals surface area contributed by atoms with E-state index in [1.807, 2.05) is 12.1 Å². The van der Waals surface area contributed by atoms with Crippen molar-refractivity contribution in [3.8, 4) is 11.1 Å². The van der Waals surface area contributed by atoms with Crippen molar-refractivity contribution in [2.75, 3.05) is 0 Å².